The highest BCUT2D eigenvalue weighted by Gasteiger charge is 2.28. The van der Waals surface area contributed by atoms with Crippen LogP contribution in [0.5, 0.6) is 0 Å². The minimum Gasteiger partial charge on any atom is -0.394 e. The van der Waals surface area contributed by atoms with E-state index in [0.717, 1.165) is 31.2 Å². The van der Waals surface area contributed by atoms with Crippen LogP contribution >= 0.6 is 0 Å². The summed E-state index contributed by atoms with van der Waals surface area (Å²) in [5, 5.41) is 9.27. The highest BCUT2D eigenvalue weighted by Crippen LogP contribution is 2.24. The van der Waals surface area contributed by atoms with Gasteiger partial charge in [0.15, 0.2) is 5.78 Å². The monoisotopic (exact) mass is 301 g/mol. The average Bonchev–Trinajstić information content (AvgIpc) is 3.19. The van der Waals surface area contributed by atoms with Crippen LogP contribution in [-0.4, -0.2) is 40.9 Å². The van der Waals surface area contributed by atoms with Crippen molar-refractivity contribution >= 4 is 11.7 Å². The Kier molecular flexibility index (Phi) is 4.57. The molecule has 1 fully saturated rings. The molecule has 1 amide bonds. The number of hydrogen-bond donors (Lipinski definition) is 1. The average molecular weight is 301 g/mol. The number of hydrogen-bond acceptors (Lipinski definition) is 3. The third kappa shape index (κ3) is 3.07. The van der Waals surface area contributed by atoms with Crippen LogP contribution in [0.1, 0.15) is 53.6 Å². The largest absolute Gasteiger partial charge is 0.394 e. The van der Waals surface area contributed by atoms with Crippen molar-refractivity contribution < 1.29 is 14.7 Å². The number of amides is 1. The third-order valence-corrected chi connectivity index (χ3v) is 4.89. The van der Waals surface area contributed by atoms with Gasteiger partial charge in [-0.05, 0) is 49.3 Å². The van der Waals surface area contributed by atoms with E-state index in [1.165, 1.54) is 17.5 Å². The van der Waals surface area contributed by atoms with Crippen molar-refractivity contribution in [1.29, 1.82) is 0 Å². The molecule has 1 N–H and O–H groups in total. The number of aliphatic hydroxyl groups excluding tert-OH is 1. The summed E-state index contributed by atoms with van der Waals surface area (Å²) in [5.74, 6) is 0.0360. The Hall–Kier alpha value is -1.68. The molecule has 1 aliphatic carbocycles. The Morgan fingerprint density at radius 2 is 1.95 bits per heavy atom. The van der Waals surface area contributed by atoms with Crippen LogP contribution in [0.15, 0.2) is 18.2 Å². The van der Waals surface area contributed by atoms with Gasteiger partial charge in [-0.15, -0.1) is 0 Å². The Balaban J connectivity index is 1.57. The Morgan fingerprint density at radius 1 is 1.14 bits per heavy atom. The molecule has 1 saturated heterocycles. The first-order valence-electron chi connectivity index (χ1n) is 8.24. The normalized spacial score (nSPS) is 20.2. The molecule has 22 heavy (non-hydrogen) atoms. The molecule has 2 aliphatic rings. The van der Waals surface area contributed by atoms with Crippen LogP contribution in [-0.2, 0) is 17.6 Å². The molecule has 3 rings (SSSR count). The van der Waals surface area contributed by atoms with Crippen LogP contribution in [0, 0.1) is 0 Å². The van der Waals surface area contributed by atoms with Gasteiger partial charge >= 0.3 is 0 Å². The molecule has 1 atom stereocenters. The van der Waals surface area contributed by atoms with Crippen molar-refractivity contribution in [2.75, 3.05) is 13.2 Å². The van der Waals surface area contributed by atoms with E-state index in [4.69, 9.17) is 0 Å². The second kappa shape index (κ2) is 6.61. The zero-order valence-electron chi connectivity index (χ0n) is 12.9. The number of Topliss-reactive ketones (excluding diaryl/α,β-unsaturated/α-hetero) is 1. The molecule has 4 heteroatoms. The van der Waals surface area contributed by atoms with Crippen molar-refractivity contribution in [1.82, 2.24) is 4.90 Å². The van der Waals surface area contributed by atoms with Crippen LogP contribution in [0.25, 0.3) is 0 Å². The van der Waals surface area contributed by atoms with Gasteiger partial charge in [-0.1, -0.05) is 12.1 Å². The number of benzene rings is 1. The number of fused-ring (bicyclic) bond motifs is 1. The number of carbonyl (C=O) groups is 2. The molecular weight excluding hydrogens is 278 g/mol. The van der Waals surface area contributed by atoms with Gasteiger partial charge in [-0.2, -0.15) is 0 Å². The fourth-order valence-electron chi connectivity index (χ4n) is 3.61. The fraction of sp³-hybridized carbons (Fsp3) is 0.556. The highest BCUT2D eigenvalue weighted by molar-refractivity contribution is 5.98. The second-order valence-electron chi connectivity index (χ2n) is 6.33. The van der Waals surface area contributed by atoms with E-state index in [0.29, 0.717) is 6.54 Å². The summed E-state index contributed by atoms with van der Waals surface area (Å²) in [5.41, 5.74) is 3.38. The Labute approximate surface area is 131 Å². The lowest BCUT2D eigenvalue weighted by Crippen LogP contribution is -2.37. The maximum atomic E-state index is 12.3. The summed E-state index contributed by atoms with van der Waals surface area (Å²) in [7, 11) is 0. The van der Waals surface area contributed by atoms with Crippen molar-refractivity contribution in [3.63, 3.8) is 0 Å². The number of carbonyl (C=O) groups excluding carboxylic acids is 2. The number of nitrogens with zero attached hydrogens (tertiary/aromatic N) is 1. The van der Waals surface area contributed by atoms with Gasteiger partial charge in [-0.25, -0.2) is 0 Å². The highest BCUT2D eigenvalue weighted by atomic mass is 16.3. The number of aryl methyl sites for hydroxylation is 2. The van der Waals surface area contributed by atoms with Crippen LogP contribution in [0.4, 0.5) is 0 Å². The summed E-state index contributed by atoms with van der Waals surface area (Å²) in [6.07, 6.45) is 5.64. The van der Waals surface area contributed by atoms with Crippen LogP contribution < -0.4 is 0 Å². The molecule has 1 heterocycles. The van der Waals surface area contributed by atoms with Gasteiger partial charge in [0.2, 0.25) is 5.91 Å². The lowest BCUT2D eigenvalue weighted by atomic mass is 10.0. The minimum atomic E-state index is -0.0532. The summed E-state index contributed by atoms with van der Waals surface area (Å²) in [4.78, 5) is 26.2. The maximum absolute atomic E-state index is 12.3. The minimum absolute atomic E-state index is 0.00828. The fourth-order valence-corrected chi connectivity index (χ4v) is 3.61. The first-order valence-corrected chi connectivity index (χ1v) is 8.24. The van der Waals surface area contributed by atoms with Crippen LogP contribution in [0.3, 0.4) is 0 Å². The van der Waals surface area contributed by atoms with Gasteiger partial charge in [0, 0.05) is 24.9 Å². The van der Waals surface area contributed by atoms with E-state index in [1.54, 1.807) is 4.90 Å². The van der Waals surface area contributed by atoms with E-state index in [2.05, 4.69) is 6.07 Å². The molecule has 4 nitrogen and oxygen atoms in total. The zero-order valence-corrected chi connectivity index (χ0v) is 12.9. The van der Waals surface area contributed by atoms with E-state index in [9.17, 15) is 14.7 Å². The quantitative estimate of drug-likeness (QED) is 0.848. The molecule has 0 radical (unpaired) electrons. The number of rotatable bonds is 5. The maximum Gasteiger partial charge on any atom is 0.223 e. The predicted octanol–water partition coefficient (Wildman–Crippen LogP) is 2.12. The summed E-state index contributed by atoms with van der Waals surface area (Å²) < 4.78 is 0. The van der Waals surface area contributed by atoms with Crippen molar-refractivity contribution in [3.05, 3.63) is 34.9 Å². The number of likely N-dealkylation sites (tertiary alicyclic amines) is 1. The molecule has 1 aliphatic heterocycles. The Bertz CT molecular complexity index is 582. The summed E-state index contributed by atoms with van der Waals surface area (Å²) in [6.45, 7) is 0.724. The van der Waals surface area contributed by atoms with Gasteiger partial charge in [0.25, 0.3) is 0 Å². The van der Waals surface area contributed by atoms with E-state index in [1.807, 2.05) is 12.1 Å². The SMILES string of the molecule is O=C(CCC(=O)N1CCC[C@@H]1CO)c1ccc2c(c1)CCC2. The van der Waals surface area contributed by atoms with E-state index in [-0.39, 0.29) is 37.2 Å². The predicted molar refractivity (Wildman–Crippen MR) is 83.9 cm³/mol. The summed E-state index contributed by atoms with van der Waals surface area (Å²) in [6, 6.07) is 5.90. The zero-order chi connectivity index (χ0) is 15.5. The smallest absolute Gasteiger partial charge is 0.223 e. The van der Waals surface area contributed by atoms with Crippen molar-refractivity contribution in [2.45, 2.75) is 51.0 Å². The molecule has 0 spiro atoms. The topological polar surface area (TPSA) is 57.6 Å². The van der Waals surface area contributed by atoms with Gasteiger partial charge in [0.1, 0.15) is 0 Å². The molecular formula is C18H23NO3. The number of ketones is 1. The van der Waals surface area contributed by atoms with Crippen molar-refractivity contribution in [3.8, 4) is 0 Å². The third-order valence-electron chi connectivity index (χ3n) is 4.89. The molecule has 0 aromatic heterocycles. The lowest BCUT2D eigenvalue weighted by molar-refractivity contribution is -0.132. The standard InChI is InChI=1S/C18H23NO3/c20-12-16-5-2-10-19(16)18(22)9-8-17(21)15-7-6-13-3-1-4-14(13)11-15/h6-7,11,16,20H,1-5,8-10,12H2/t16-/m1/s1. The first kappa shape index (κ1) is 15.2. The molecule has 1 aromatic rings. The van der Waals surface area contributed by atoms with Crippen LogP contribution in [0.2, 0.25) is 0 Å². The number of aliphatic hydroxyl groups is 1. The molecule has 118 valence electrons. The van der Waals surface area contributed by atoms with Crippen molar-refractivity contribution in [2.24, 2.45) is 0 Å². The van der Waals surface area contributed by atoms with E-state index < -0.39 is 0 Å². The molecule has 0 saturated carbocycles. The first-order chi connectivity index (χ1) is 10.7. The van der Waals surface area contributed by atoms with Gasteiger partial charge in [0.05, 0.1) is 12.6 Å². The lowest BCUT2D eigenvalue weighted by Gasteiger charge is -2.22. The Morgan fingerprint density at radius 3 is 2.77 bits per heavy atom. The second-order valence-corrected chi connectivity index (χ2v) is 6.33. The summed E-state index contributed by atoms with van der Waals surface area (Å²) >= 11 is 0. The van der Waals surface area contributed by atoms with Gasteiger partial charge in [-0.3, -0.25) is 9.59 Å². The van der Waals surface area contributed by atoms with Gasteiger partial charge < -0.3 is 10.0 Å². The molecule has 0 unspecified atom stereocenters. The molecule has 0 bridgehead atoms. The molecule has 1 aromatic carbocycles. The van der Waals surface area contributed by atoms with E-state index >= 15 is 0 Å².